The molecule has 5 heteroatoms. The van der Waals surface area contributed by atoms with Crippen LogP contribution in [0.4, 0.5) is 0 Å². The van der Waals surface area contributed by atoms with Crippen LogP contribution in [0.15, 0.2) is 30.3 Å². The van der Waals surface area contributed by atoms with Crippen LogP contribution in [-0.4, -0.2) is 29.2 Å². The zero-order chi connectivity index (χ0) is 16.2. The van der Waals surface area contributed by atoms with E-state index in [4.69, 9.17) is 4.74 Å². The minimum Gasteiger partial charge on any atom is -0.461 e. The summed E-state index contributed by atoms with van der Waals surface area (Å²) in [6.07, 6.45) is 3.67. The monoisotopic (exact) mass is 315 g/mol. The molecule has 1 aromatic rings. The predicted molar refractivity (Wildman–Crippen MR) is 83.0 cm³/mol. The Bertz CT molecular complexity index is 574. The lowest BCUT2D eigenvalue weighted by atomic mass is 9.81. The Labute approximate surface area is 135 Å². The van der Waals surface area contributed by atoms with Gasteiger partial charge in [-0.15, -0.1) is 0 Å². The highest BCUT2D eigenvalue weighted by molar-refractivity contribution is 6.05. The van der Waals surface area contributed by atoms with Crippen molar-refractivity contribution in [1.29, 1.82) is 0 Å². The molecule has 0 radical (unpaired) electrons. The van der Waals surface area contributed by atoms with E-state index in [0.29, 0.717) is 0 Å². The maximum absolute atomic E-state index is 12.3. The first kappa shape index (κ1) is 15.7. The van der Waals surface area contributed by atoms with Gasteiger partial charge in [0.1, 0.15) is 6.61 Å². The summed E-state index contributed by atoms with van der Waals surface area (Å²) in [6, 6.07) is 9.42. The SMILES string of the molecule is O=C(CCN1C(=O)C2CCCCC2C1=O)OCc1ccccc1. The van der Waals surface area contributed by atoms with E-state index in [2.05, 4.69) is 0 Å². The summed E-state index contributed by atoms with van der Waals surface area (Å²) in [4.78, 5) is 37.7. The van der Waals surface area contributed by atoms with E-state index in [1.165, 1.54) is 4.90 Å². The fraction of sp³-hybridized carbons (Fsp3) is 0.500. The van der Waals surface area contributed by atoms with E-state index in [1.54, 1.807) is 0 Å². The molecule has 2 amide bonds. The number of fused-ring (bicyclic) bond motifs is 1. The van der Waals surface area contributed by atoms with Crippen molar-refractivity contribution in [3.63, 3.8) is 0 Å². The van der Waals surface area contributed by atoms with Crippen LogP contribution in [0.2, 0.25) is 0 Å². The summed E-state index contributed by atoms with van der Waals surface area (Å²) in [5.41, 5.74) is 0.917. The average Bonchev–Trinajstić information content (AvgIpc) is 2.83. The Morgan fingerprint density at radius 1 is 1.04 bits per heavy atom. The van der Waals surface area contributed by atoms with Crippen LogP contribution in [0, 0.1) is 11.8 Å². The van der Waals surface area contributed by atoms with E-state index in [1.807, 2.05) is 30.3 Å². The van der Waals surface area contributed by atoms with E-state index >= 15 is 0 Å². The molecule has 1 saturated carbocycles. The minimum absolute atomic E-state index is 0.0593. The Morgan fingerprint density at radius 2 is 1.65 bits per heavy atom. The van der Waals surface area contributed by atoms with Crippen molar-refractivity contribution in [2.75, 3.05) is 6.54 Å². The Morgan fingerprint density at radius 3 is 2.26 bits per heavy atom. The van der Waals surface area contributed by atoms with Crippen LogP contribution in [0.3, 0.4) is 0 Å². The molecule has 0 N–H and O–H groups in total. The molecule has 23 heavy (non-hydrogen) atoms. The molecule has 1 heterocycles. The van der Waals surface area contributed by atoms with Gasteiger partial charge in [0.05, 0.1) is 18.3 Å². The van der Waals surface area contributed by atoms with Crippen molar-refractivity contribution in [2.45, 2.75) is 38.7 Å². The number of esters is 1. The van der Waals surface area contributed by atoms with Gasteiger partial charge in [0.2, 0.25) is 11.8 Å². The van der Waals surface area contributed by atoms with Gasteiger partial charge in [-0.3, -0.25) is 19.3 Å². The number of imide groups is 1. The van der Waals surface area contributed by atoms with Gasteiger partial charge in [-0.2, -0.15) is 0 Å². The van der Waals surface area contributed by atoms with Gasteiger partial charge in [-0.25, -0.2) is 0 Å². The topological polar surface area (TPSA) is 63.7 Å². The van der Waals surface area contributed by atoms with Crippen molar-refractivity contribution in [3.05, 3.63) is 35.9 Å². The van der Waals surface area contributed by atoms with Crippen LogP contribution in [-0.2, 0) is 25.7 Å². The Balaban J connectivity index is 1.49. The third-order valence-electron chi connectivity index (χ3n) is 4.71. The predicted octanol–water partition coefficient (Wildman–Crippen LogP) is 2.30. The quantitative estimate of drug-likeness (QED) is 0.618. The molecule has 1 aliphatic heterocycles. The molecule has 1 aromatic carbocycles. The molecule has 0 aromatic heterocycles. The smallest absolute Gasteiger partial charge is 0.307 e. The van der Waals surface area contributed by atoms with Gasteiger partial charge in [-0.05, 0) is 18.4 Å². The summed E-state index contributed by atoms with van der Waals surface area (Å²) in [5.74, 6) is -0.899. The summed E-state index contributed by atoms with van der Waals surface area (Å²) >= 11 is 0. The normalized spacial score (nSPS) is 23.7. The number of hydrogen-bond donors (Lipinski definition) is 0. The molecule has 2 unspecified atom stereocenters. The van der Waals surface area contributed by atoms with Gasteiger partial charge < -0.3 is 4.74 Å². The van der Waals surface area contributed by atoms with Gasteiger partial charge in [0, 0.05) is 6.54 Å². The second-order valence-corrected chi connectivity index (χ2v) is 6.22. The van der Waals surface area contributed by atoms with Crippen molar-refractivity contribution >= 4 is 17.8 Å². The van der Waals surface area contributed by atoms with Gasteiger partial charge >= 0.3 is 5.97 Å². The summed E-state index contributed by atoms with van der Waals surface area (Å²) in [7, 11) is 0. The van der Waals surface area contributed by atoms with Gasteiger partial charge in [-0.1, -0.05) is 43.2 Å². The number of carbonyl (C=O) groups is 3. The lowest BCUT2D eigenvalue weighted by Crippen LogP contribution is -2.33. The Kier molecular flexibility index (Phi) is 4.74. The van der Waals surface area contributed by atoms with E-state index in [9.17, 15) is 14.4 Å². The molecular formula is C18H21NO4. The maximum atomic E-state index is 12.3. The lowest BCUT2D eigenvalue weighted by Gasteiger charge is -2.19. The maximum Gasteiger partial charge on any atom is 0.307 e. The molecular weight excluding hydrogens is 294 g/mol. The first-order valence-corrected chi connectivity index (χ1v) is 8.21. The third kappa shape index (κ3) is 3.44. The molecule has 2 aliphatic rings. The number of hydrogen-bond acceptors (Lipinski definition) is 4. The van der Waals surface area contributed by atoms with Crippen molar-refractivity contribution in [3.8, 4) is 0 Å². The summed E-state index contributed by atoms with van der Waals surface area (Å²) in [5, 5.41) is 0. The fourth-order valence-corrected chi connectivity index (χ4v) is 3.46. The fourth-order valence-electron chi connectivity index (χ4n) is 3.46. The molecule has 1 aliphatic carbocycles. The average molecular weight is 315 g/mol. The molecule has 1 saturated heterocycles. The second kappa shape index (κ2) is 6.94. The van der Waals surface area contributed by atoms with Crippen molar-refractivity contribution < 1.29 is 19.1 Å². The molecule has 122 valence electrons. The van der Waals surface area contributed by atoms with E-state index in [-0.39, 0.29) is 49.2 Å². The molecule has 0 bridgehead atoms. The molecule has 2 fully saturated rings. The molecule has 2 atom stereocenters. The number of ether oxygens (including phenoxy) is 1. The second-order valence-electron chi connectivity index (χ2n) is 6.22. The lowest BCUT2D eigenvalue weighted by molar-refractivity contribution is -0.146. The van der Waals surface area contributed by atoms with Gasteiger partial charge in [0.15, 0.2) is 0 Å². The third-order valence-corrected chi connectivity index (χ3v) is 4.71. The highest BCUT2D eigenvalue weighted by Crippen LogP contribution is 2.37. The largest absolute Gasteiger partial charge is 0.461 e. The molecule has 5 nitrogen and oxygen atoms in total. The van der Waals surface area contributed by atoms with Crippen LogP contribution in [0.1, 0.15) is 37.7 Å². The molecule has 0 spiro atoms. The summed E-state index contributed by atoms with van der Waals surface area (Å²) in [6.45, 7) is 0.352. The van der Waals surface area contributed by atoms with Crippen LogP contribution in [0.5, 0.6) is 0 Å². The number of likely N-dealkylation sites (tertiary alicyclic amines) is 1. The zero-order valence-corrected chi connectivity index (χ0v) is 13.1. The standard InChI is InChI=1S/C18H21NO4/c20-16(23-12-13-6-2-1-3-7-13)10-11-19-17(21)14-8-4-5-9-15(14)18(19)22/h1-3,6-7,14-15H,4-5,8-12H2. The van der Waals surface area contributed by atoms with Gasteiger partial charge in [0.25, 0.3) is 0 Å². The number of rotatable bonds is 5. The van der Waals surface area contributed by atoms with E-state index in [0.717, 1.165) is 31.2 Å². The number of benzene rings is 1. The van der Waals surface area contributed by atoms with Crippen molar-refractivity contribution in [2.24, 2.45) is 11.8 Å². The molecule has 3 rings (SSSR count). The Hall–Kier alpha value is -2.17. The van der Waals surface area contributed by atoms with Crippen molar-refractivity contribution in [1.82, 2.24) is 4.90 Å². The number of nitrogens with zero attached hydrogens (tertiary/aromatic N) is 1. The number of amides is 2. The van der Waals surface area contributed by atoms with Crippen LogP contribution < -0.4 is 0 Å². The highest BCUT2D eigenvalue weighted by atomic mass is 16.5. The van der Waals surface area contributed by atoms with Crippen LogP contribution in [0.25, 0.3) is 0 Å². The first-order chi connectivity index (χ1) is 11.2. The summed E-state index contributed by atoms with van der Waals surface area (Å²) < 4.78 is 5.19. The number of carbonyl (C=O) groups excluding carboxylic acids is 3. The van der Waals surface area contributed by atoms with Crippen LogP contribution >= 0.6 is 0 Å². The first-order valence-electron chi connectivity index (χ1n) is 8.21. The van der Waals surface area contributed by atoms with E-state index < -0.39 is 0 Å². The highest BCUT2D eigenvalue weighted by Gasteiger charge is 2.47. The minimum atomic E-state index is -0.385. The zero-order valence-electron chi connectivity index (χ0n) is 13.1.